The summed E-state index contributed by atoms with van der Waals surface area (Å²) in [6.45, 7) is 0.142. The van der Waals surface area contributed by atoms with Crippen LogP contribution in [0.5, 0.6) is 0 Å². The molecule has 112 valence electrons. The first kappa shape index (κ1) is 14.4. The van der Waals surface area contributed by atoms with Crippen LogP contribution >= 0.6 is 11.8 Å². The molecule has 2 N–H and O–H groups in total. The van der Waals surface area contributed by atoms with E-state index in [0.717, 1.165) is 30.4 Å². The van der Waals surface area contributed by atoms with Crippen molar-refractivity contribution in [3.8, 4) is 0 Å². The lowest BCUT2D eigenvalue weighted by molar-refractivity contribution is -0.119. The fraction of sp³-hybridized carbons (Fsp3) is 0.467. The van der Waals surface area contributed by atoms with E-state index < -0.39 is 0 Å². The number of hydrogen-bond donors (Lipinski definition) is 2. The largest absolute Gasteiger partial charge is 0.431 e. The van der Waals surface area contributed by atoms with Crippen LogP contribution in [0.25, 0.3) is 11.1 Å². The quantitative estimate of drug-likeness (QED) is 0.828. The molecule has 0 bridgehead atoms. The van der Waals surface area contributed by atoms with Gasteiger partial charge >= 0.3 is 0 Å². The number of nitrogens with one attached hydrogen (secondary N) is 1. The van der Waals surface area contributed by atoms with Crippen molar-refractivity contribution < 1.29 is 14.3 Å². The number of hydrogen-bond acceptors (Lipinski definition) is 5. The van der Waals surface area contributed by atoms with E-state index in [9.17, 15) is 9.90 Å². The highest BCUT2D eigenvalue weighted by atomic mass is 32.2. The Bertz CT molecular complexity index is 595. The Hall–Kier alpha value is -1.53. The third-order valence-electron chi connectivity index (χ3n) is 3.84. The molecule has 2 atom stereocenters. The molecule has 1 aliphatic rings. The van der Waals surface area contributed by atoms with Gasteiger partial charge in [0.15, 0.2) is 5.58 Å². The predicted octanol–water partition coefficient (Wildman–Crippen LogP) is 2.20. The minimum absolute atomic E-state index is 0.0346. The zero-order valence-electron chi connectivity index (χ0n) is 11.6. The molecule has 1 aliphatic carbocycles. The smallest absolute Gasteiger partial charge is 0.257 e. The molecule has 5 nitrogen and oxygen atoms in total. The van der Waals surface area contributed by atoms with Crippen LogP contribution in [0, 0.1) is 5.92 Å². The van der Waals surface area contributed by atoms with Gasteiger partial charge in [0.25, 0.3) is 5.22 Å². The lowest BCUT2D eigenvalue weighted by Crippen LogP contribution is -2.39. The number of aliphatic hydroxyl groups is 1. The maximum absolute atomic E-state index is 12.0. The summed E-state index contributed by atoms with van der Waals surface area (Å²) in [6, 6.07) is 7.64. The second kappa shape index (κ2) is 6.49. The maximum atomic E-state index is 12.0. The monoisotopic (exact) mass is 306 g/mol. The van der Waals surface area contributed by atoms with Gasteiger partial charge in [-0.15, -0.1) is 0 Å². The Balaban J connectivity index is 1.53. The first-order valence-corrected chi connectivity index (χ1v) is 8.13. The van der Waals surface area contributed by atoms with Crippen LogP contribution in [0.15, 0.2) is 33.9 Å². The summed E-state index contributed by atoms with van der Waals surface area (Å²) in [4.78, 5) is 16.3. The molecule has 2 unspecified atom stereocenters. The van der Waals surface area contributed by atoms with Gasteiger partial charge < -0.3 is 14.8 Å². The van der Waals surface area contributed by atoms with Crippen LogP contribution in [0.3, 0.4) is 0 Å². The van der Waals surface area contributed by atoms with Crippen molar-refractivity contribution >= 4 is 28.8 Å². The van der Waals surface area contributed by atoms with Crippen molar-refractivity contribution in [2.75, 3.05) is 12.4 Å². The predicted molar refractivity (Wildman–Crippen MR) is 81.1 cm³/mol. The highest BCUT2D eigenvalue weighted by Crippen LogP contribution is 2.26. The first-order chi connectivity index (χ1) is 10.3. The normalized spacial score (nSPS) is 21.8. The van der Waals surface area contributed by atoms with Gasteiger partial charge in [-0.2, -0.15) is 0 Å². The summed E-state index contributed by atoms with van der Waals surface area (Å²) in [5.74, 6) is 0.442. The van der Waals surface area contributed by atoms with E-state index in [-0.39, 0.29) is 30.2 Å². The summed E-state index contributed by atoms with van der Waals surface area (Å²) >= 11 is 1.29. The van der Waals surface area contributed by atoms with Gasteiger partial charge in [0.1, 0.15) is 5.52 Å². The molecule has 2 aromatic rings. The van der Waals surface area contributed by atoms with E-state index in [4.69, 9.17) is 4.42 Å². The number of carbonyl (C=O) groups is 1. The highest BCUT2D eigenvalue weighted by molar-refractivity contribution is 7.99. The van der Waals surface area contributed by atoms with Crippen molar-refractivity contribution in [3.05, 3.63) is 24.3 Å². The van der Waals surface area contributed by atoms with Gasteiger partial charge in [-0.25, -0.2) is 4.98 Å². The fourth-order valence-corrected chi connectivity index (χ4v) is 3.38. The van der Waals surface area contributed by atoms with Gasteiger partial charge in [0.2, 0.25) is 5.91 Å². The second-order valence-corrected chi connectivity index (χ2v) is 6.21. The number of amides is 1. The molecule has 1 fully saturated rings. The molecule has 3 rings (SSSR count). The number of aromatic nitrogens is 1. The standard InChI is InChI=1S/C15H18N2O3S/c18-8-10-4-3-6-11(10)16-14(19)9-21-15-17-12-5-1-2-7-13(12)20-15/h1-2,5,7,10-11,18H,3-4,6,8-9H2,(H,16,19). The molecular weight excluding hydrogens is 288 g/mol. The second-order valence-electron chi connectivity index (χ2n) is 5.28. The van der Waals surface area contributed by atoms with Crippen LogP contribution in [0.2, 0.25) is 0 Å². The third-order valence-corrected chi connectivity index (χ3v) is 4.67. The van der Waals surface area contributed by atoms with Crippen molar-refractivity contribution in [2.45, 2.75) is 30.5 Å². The number of para-hydroxylation sites is 2. The molecule has 1 heterocycles. The van der Waals surface area contributed by atoms with Crippen molar-refractivity contribution in [1.82, 2.24) is 10.3 Å². The summed E-state index contributed by atoms with van der Waals surface area (Å²) in [5.41, 5.74) is 1.54. The molecule has 1 amide bonds. The van der Waals surface area contributed by atoms with E-state index in [1.54, 1.807) is 0 Å². The molecule has 0 radical (unpaired) electrons. The Morgan fingerprint density at radius 3 is 3.10 bits per heavy atom. The van der Waals surface area contributed by atoms with Crippen molar-refractivity contribution in [3.63, 3.8) is 0 Å². The van der Waals surface area contributed by atoms with E-state index in [2.05, 4.69) is 10.3 Å². The Morgan fingerprint density at radius 1 is 1.43 bits per heavy atom. The lowest BCUT2D eigenvalue weighted by Gasteiger charge is -2.18. The number of benzene rings is 1. The SMILES string of the molecule is O=C(CSc1nc2ccccc2o1)NC1CCCC1CO. The maximum Gasteiger partial charge on any atom is 0.257 e. The Kier molecular flexibility index (Phi) is 4.45. The molecule has 21 heavy (non-hydrogen) atoms. The summed E-state index contributed by atoms with van der Waals surface area (Å²) in [5, 5.41) is 12.8. The fourth-order valence-electron chi connectivity index (χ4n) is 2.73. The summed E-state index contributed by atoms with van der Waals surface area (Å²) in [7, 11) is 0. The van der Waals surface area contributed by atoms with Crippen molar-refractivity contribution in [2.24, 2.45) is 5.92 Å². The van der Waals surface area contributed by atoms with Crippen LogP contribution in [-0.4, -0.2) is 34.4 Å². The van der Waals surface area contributed by atoms with Gasteiger partial charge in [-0.05, 0) is 25.0 Å². The van der Waals surface area contributed by atoms with Gasteiger partial charge in [0, 0.05) is 18.6 Å². The van der Waals surface area contributed by atoms with Crippen LogP contribution in [0.1, 0.15) is 19.3 Å². The number of oxazole rings is 1. The van der Waals surface area contributed by atoms with Crippen LogP contribution in [0.4, 0.5) is 0 Å². The average molecular weight is 306 g/mol. The Morgan fingerprint density at radius 2 is 2.29 bits per heavy atom. The van der Waals surface area contributed by atoms with Gasteiger partial charge in [-0.3, -0.25) is 4.79 Å². The van der Waals surface area contributed by atoms with E-state index in [0.29, 0.717) is 5.22 Å². The number of fused-ring (bicyclic) bond motifs is 1. The molecule has 1 saturated carbocycles. The minimum Gasteiger partial charge on any atom is -0.431 e. The molecule has 1 aromatic carbocycles. The average Bonchev–Trinajstić information content (AvgIpc) is 3.10. The molecule has 6 heteroatoms. The lowest BCUT2D eigenvalue weighted by atomic mass is 10.1. The number of rotatable bonds is 5. The number of thioether (sulfide) groups is 1. The number of nitrogens with zero attached hydrogens (tertiary/aromatic N) is 1. The van der Waals surface area contributed by atoms with Crippen LogP contribution in [-0.2, 0) is 4.79 Å². The topological polar surface area (TPSA) is 75.4 Å². The zero-order valence-corrected chi connectivity index (χ0v) is 12.4. The molecular formula is C15H18N2O3S. The van der Waals surface area contributed by atoms with Gasteiger partial charge in [0.05, 0.1) is 5.75 Å². The molecule has 0 aliphatic heterocycles. The number of aliphatic hydroxyl groups excluding tert-OH is 1. The highest BCUT2D eigenvalue weighted by Gasteiger charge is 2.27. The van der Waals surface area contributed by atoms with Gasteiger partial charge in [-0.1, -0.05) is 30.3 Å². The zero-order chi connectivity index (χ0) is 14.7. The first-order valence-electron chi connectivity index (χ1n) is 7.15. The molecule has 1 aromatic heterocycles. The molecule has 0 spiro atoms. The van der Waals surface area contributed by atoms with E-state index >= 15 is 0 Å². The minimum atomic E-state index is -0.0346. The molecule has 0 saturated heterocycles. The third kappa shape index (κ3) is 3.39. The van der Waals surface area contributed by atoms with Crippen LogP contribution < -0.4 is 5.32 Å². The van der Waals surface area contributed by atoms with E-state index in [1.807, 2.05) is 24.3 Å². The Labute approximate surface area is 127 Å². The summed E-state index contributed by atoms with van der Waals surface area (Å²) < 4.78 is 5.56. The summed E-state index contributed by atoms with van der Waals surface area (Å²) in [6.07, 6.45) is 3.00. The number of carbonyl (C=O) groups excluding carboxylic acids is 1. The van der Waals surface area contributed by atoms with E-state index in [1.165, 1.54) is 11.8 Å². The van der Waals surface area contributed by atoms with Crippen molar-refractivity contribution in [1.29, 1.82) is 0 Å².